The van der Waals surface area contributed by atoms with E-state index in [0.29, 0.717) is 10.9 Å². The van der Waals surface area contributed by atoms with Gasteiger partial charge in [0.15, 0.2) is 5.82 Å². The van der Waals surface area contributed by atoms with Crippen LogP contribution in [0.4, 0.5) is 5.82 Å². The Labute approximate surface area is 129 Å². The van der Waals surface area contributed by atoms with Gasteiger partial charge in [0, 0.05) is 19.8 Å². The molecule has 3 rings (SSSR count). The number of nitrogens with one attached hydrogen (secondary N) is 1. The Morgan fingerprint density at radius 2 is 2.19 bits per heavy atom. The van der Waals surface area contributed by atoms with Crippen LogP contribution in [-0.2, 0) is 12.5 Å². The molecule has 1 N–H and O–H groups in total. The molecule has 21 heavy (non-hydrogen) atoms. The molecule has 2 aromatic rings. The van der Waals surface area contributed by atoms with Gasteiger partial charge in [0.25, 0.3) is 0 Å². The highest BCUT2D eigenvalue weighted by atomic mass is 35.5. The maximum Gasteiger partial charge on any atom is 0.161 e. The molecule has 2 heterocycles. The van der Waals surface area contributed by atoms with Gasteiger partial charge in [-0.05, 0) is 37.3 Å². The van der Waals surface area contributed by atoms with Gasteiger partial charge in [0.1, 0.15) is 12.1 Å². The van der Waals surface area contributed by atoms with Gasteiger partial charge < -0.3 is 5.32 Å². The normalized spacial score (nSPS) is 24.7. The quantitative estimate of drug-likeness (QED) is 0.943. The molecule has 0 saturated heterocycles. The van der Waals surface area contributed by atoms with Crippen molar-refractivity contribution in [2.24, 2.45) is 13.0 Å². The average Bonchev–Trinajstić information content (AvgIpc) is 2.84. The van der Waals surface area contributed by atoms with Crippen LogP contribution in [0.1, 0.15) is 38.1 Å². The Morgan fingerprint density at radius 3 is 2.76 bits per heavy atom. The van der Waals surface area contributed by atoms with Crippen LogP contribution in [0.15, 0.2) is 18.6 Å². The first-order valence-electron chi connectivity index (χ1n) is 7.31. The molecule has 5 nitrogen and oxygen atoms in total. The van der Waals surface area contributed by atoms with Gasteiger partial charge in [-0.25, -0.2) is 9.97 Å². The first kappa shape index (κ1) is 14.3. The minimum atomic E-state index is -0.176. The topological polar surface area (TPSA) is 55.6 Å². The molecule has 1 fully saturated rings. The molecule has 0 atom stereocenters. The lowest BCUT2D eigenvalue weighted by atomic mass is 9.59. The molecular weight excluding hydrogens is 286 g/mol. The SMILES string of the molecule is CCNc1cc(C2(c3ncn(C)n3)CC(C)C2)c(Cl)cn1. The van der Waals surface area contributed by atoms with Crippen molar-refractivity contribution in [2.75, 3.05) is 11.9 Å². The van der Waals surface area contributed by atoms with E-state index in [2.05, 4.69) is 34.2 Å². The second-order valence-electron chi connectivity index (χ2n) is 5.92. The van der Waals surface area contributed by atoms with Gasteiger partial charge in [-0.15, -0.1) is 0 Å². The molecule has 0 amide bonds. The third kappa shape index (κ3) is 2.39. The van der Waals surface area contributed by atoms with Crippen molar-refractivity contribution >= 4 is 17.4 Å². The molecule has 0 unspecified atom stereocenters. The summed E-state index contributed by atoms with van der Waals surface area (Å²) in [7, 11) is 1.89. The standard InChI is InChI=1S/C15H20ClN5/c1-4-17-13-5-11(12(16)8-18-13)15(6-10(2)7-15)14-19-9-21(3)20-14/h5,8-10H,4,6-7H2,1-3H3,(H,17,18). The first-order chi connectivity index (χ1) is 10.0. The fourth-order valence-corrected chi connectivity index (χ4v) is 3.58. The highest BCUT2D eigenvalue weighted by molar-refractivity contribution is 6.31. The molecule has 1 aliphatic rings. The maximum absolute atomic E-state index is 6.45. The Hall–Kier alpha value is -1.62. The van der Waals surface area contributed by atoms with E-state index in [9.17, 15) is 0 Å². The Kier molecular flexibility index (Phi) is 3.61. The number of rotatable bonds is 4. The van der Waals surface area contributed by atoms with Crippen LogP contribution in [0.5, 0.6) is 0 Å². The molecule has 0 aromatic carbocycles. The number of nitrogens with zero attached hydrogens (tertiary/aromatic N) is 4. The number of anilines is 1. The highest BCUT2D eigenvalue weighted by Crippen LogP contribution is 2.52. The van der Waals surface area contributed by atoms with Crippen LogP contribution in [0.3, 0.4) is 0 Å². The van der Waals surface area contributed by atoms with E-state index < -0.39 is 0 Å². The van der Waals surface area contributed by atoms with E-state index in [1.54, 1.807) is 17.2 Å². The van der Waals surface area contributed by atoms with Crippen LogP contribution >= 0.6 is 11.6 Å². The van der Waals surface area contributed by atoms with Crippen molar-refractivity contribution in [3.8, 4) is 0 Å². The van der Waals surface area contributed by atoms with Crippen molar-refractivity contribution < 1.29 is 0 Å². The second-order valence-corrected chi connectivity index (χ2v) is 6.32. The lowest BCUT2D eigenvalue weighted by Crippen LogP contribution is -2.42. The van der Waals surface area contributed by atoms with Crippen molar-refractivity contribution in [1.29, 1.82) is 0 Å². The molecule has 2 aromatic heterocycles. The Bertz CT molecular complexity index is 645. The van der Waals surface area contributed by atoms with E-state index in [1.807, 2.05) is 13.1 Å². The Balaban J connectivity index is 2.08. The van der Waals surface area contributed by atoms with E-state index in [4.69, 9.17) is 11.6 Å². The summed E-state index contributed by atoms with van der Waals surface area (Å²) in [5.41, 5.74) is 0.907. The molecule has 112 valence electrons. The summed E-state index contributed by atoms with van der Waals surface area (Å²) in [5.74, 6) is 2.37. The molecule has 0 bridgehead atoms. The van der Waals surface area contributed by atoms with Crippen molar-refractivity contribution in [1.82, 2.24) is 19.7 Å². The zero-order valence-corrected chi connectivity index (χ0v) is 13.4. The van der Waals surface area contributed by atoms with E-state index in [-0.39, 0.29) is 5.41 Å². The monoisotopic (exact) mass is 305 g/mol. The number of halogens is 1. The zero-order chi connectivity index (χ0) is 15.0. The molecular formula is C15H20ClN5. The summed E-state index contributed by atoms with van der Waals surface area (Å²) in [6.45, 7) is 5.14. The van der Waals surface area contributed by atoms with Crippen molar-refractivity contribution in [3.63, 3.8) is 0 Å². The fraction of sp³-hybridized carbons (Fsp3) is 0.533. The lowest BCUT2D eigenvalue weighted by molar-refractivity contribution is 0.189. The third-order valence-corrected chi connectivity index (χ3v) is 4.45. The molecule has 0 spiro atoms. The largest absolute Gasteiger partial charge is 0.370 e. The van der Waals surface area contributed by atoms with Gasteiger partial charge in [-0.1, -0.05) is 18.5 Å². The molecule has 6 heteroatoms. The minimum absolute atomic E-state index is 0.176. The molecule has 1 saturated carbocycles. The number of hydrogen-bond donors (Lipinski definition) is 1. The third-order valence-electron chi connectivity index (χ3n) is 4.15. The van der Waals surface area contributed by atoms with E-state index in [1.165, 1.54) is 0 Å². The lowest BCUT2D eigenvalue weighted by Gasteiger charge is -2.45. The van der Waals surface area contributed by atoms with Gasteiger partial charge in [0.05, 0.1) is 10.4 Å². The van der Waals surface area contributed by atoms with Gasteiger partial charge in [-0.2, -0.15) is 5.10 Å². The summed E-state index contributed by atoms with van der Waals surface area (Å²) in [6, 6.07) is 2.05. The van der Waals surface area contributed by atoms with Crippen LogP contribution in [0, 0.1) is 5.92 Å². The summed E-state index contributed by atoms with van der Waals surface area (Å²) < 4.78 is 1.75. The van der Waals surface area contributed by atoms with E-state index >= 15 is 0 Å². The predicted molar refractivity (Wildman–Crippen MR) is 83.6 cm³/mol. The molecule has 0 radical (unpaired) electrons. The number of aryl methyl sites for hydroxylation is 1. The van der Waals surface area contributed by atoms with Crippen molar-refractivity contribution in [3.05, 3.63) is 35.0 Å². The van der Waals surface area contributed by atoms with Gasteiger partial charge in [-0.3, -0.25) is 4.68 Å². The van der Waals surface area contributed by atoms with E-state index in [0.717, 1.165) is 36.6 Å². The smallest absolute Gasteiger partial charge is 0.161 e. The second kappa shape index (κ2) is 5.30. The number of pyridine rings is 1. The van der Waals surface area contributed by atoms with Crippen LogP contribution < -0.4 is 5.32 Å². The summed E-state index contributed by atoms with van der Waals surface area (Å²) >= 11 is 6.45. The van der Waals surface area contributed by atoms with Crippen LogP contribution in [0.2, 0.25) is 5.02 Å². The van der Waals surface area contributed by atoms with Gasteiger partial charge >= 0.3 is 0 Å². The number of aromatic nitrogens is 4. The summed E-state index contributed by atoms with van der Waals surface area (Å²) in [6.07, 6.45) is 5.52. The zero-order valence-electron chi connectivity index (χ0n) is 12.6. The van der Waals surface area contributed by atoms with Crippen molar-refractivity contribution in [2.45, 2.75) is 32.1 Å². The Morgan fingerprint density at radius 1 is 1.43 bits per heavy atom. The number of hydrogen-bond acceptors (Lipinski definition) is 4. The van der Waals surface area contributed by atoms with Crippen LogP contribution in [0.25, 0.3) is 0 Å². The summed E-state index contributed by atoms with van der Waals surface area (Å²) in [5, 5.41) is 8.48. The summed E-state index contributed by atoms with van der Waals surface area (Å²) in [4.78, 5) is 8.82. The van der Waals surface area contributed by atoms with Gasteiger partial charge in [0.2, 0.25) is 0 Å². The maximum atomic E-state index is 6.45. The fourth-order valence-electron chi connectivity index (χ4n) is 3.29. The average molecular weight is 306 g/mol. The molecule has 1 aliphatic carbocycles. The highest BCUT2D eigenvalue weighted by Gasteiger charge is 2.49. The minimum Gasteiger partial charge on any atom is -0.370 e. The predicted octanol–water partition coefficient (Wildman–Crippen LogP) is 3.01. The van der Waals surface area contributed by atoms with Crippen LogP contribution in [-0.4, -0.2) is 26.3 Å². The first-order valence-corrected chi connectivity index (χ1v) is 7.69. The molecule has 0 aliphatic heterocycles.